The standard InChI is InChI=1S/C21H18FIN2O4S/c22-21(16-4-2-1-3-5-16)14-15-24(18-8-6-17(23)7-9-18)30(28,29)20-12-10-19(11-13-20)25(26)27/h1-13,21H,14-15H2. The smallest absolute Gasteiger partial charge is 0.266 e. The van der Waals surface area contributed by atoms with E-state index in [2.05, 4.69) is 22.6 Å². The van der Waals surface area contributed by atoms with Gasteiger partial charge in [-0.1, -0.05) is 30.3 Å². The normalized spacial score (nSPS) is 12.3. The van der Waals surface area contributed by atoms with Gasteiger partial charge < -0.3 is 0 Å². The molecule has 0 spiro atoms. The molecule has 0 bridgehead atoms. The molecule has 0 aromatic heterocycles. The monoisotopic (exact) mass is 540 g/mol. The summed E-state index contributed by atoms with van der Waals surface area (Å²) in [6.07, 6.45) is -1.37. The van der Waals surface area contributed by atoms with E-state index >= 15 is 0 Å². The Morgan fingerprint density at radius 1 is 0.967 bits per heavy atom. The lowest BCUT2D eigenvalue weighted by Crippen LogP contribution is -2.32. The summed E-state index contributed by atoms with van der Waals surface area (Å²) in [6.45, 7) is -0.0873. The summed E-state index contributed by atoms with van der Waals surface area (Å²) < 4.78 is 43.3. The maximum absolute atomic E-state index is 14.7. The van der Waals surface area contributed by atoms with Crippen molar-refractivity contribution >= 4 is 44.0 Å². The van der Waals surface area contributed by atoms with Gasteiger partial charge in [-0.15, -0.1) is 0 Å². The first kappa shape index (κ1) is 22.2. The number of halogens is 2. The predicted octanol–water partition coefficient (Wildman–Crippen LogP) is 5.50. The van der Waals surface area contributed by atoms with E-state index < -0.39 is 21.1 Å². The SMILES string of the molecule is O=[N+]([O-])c1ccc(S(=O)(=O)N(CCC(F)c2ccccc2)c2ccc(I)cc2)cc1. The highest BCUT2D eigenvalue weighted by atomic mass is 127. The summed E-state index contributed by atoms with van der Waals surface area (Å²) in [6, 6.07) is 20.1. The van der Waals surface area contributed by atoms with Gasteiger partial charge in [0.2, 0.25) is 0 Å². The molecule has 30 heavy (non-hydrogen) atoms. The number of alkyl halides is 1. The van der Waals surface area contributed by atoms with Crippen molar-refractivity contribution in [2.45, 2.75) is 17.5 Å². The minimum absolute atomic E-state index is 0.0395. The van der Waals surface area contributed by atoms with Crippen LogP contribution in [0.1, 0.15) is 18.2 Å². The lowest BCUT2D eigenvalue weighted by Gasteiger charge is -2.25. The van der Waals surface area contributed by atoms with Crippen LogP contribution in [0.25, 0.3) is 0 Å². The van der Waals surface area contributed by atoms with Gasteiger partial charge in [0, 0.05) is 28.7 Å². The molecule has 3 aromatic carbocycles. The summed E-state index contributed by atoms with van der Waals surface area (Å²) in [7, 11) is -4.05. The highest BCUT2D eigenvalue weighted by molar-refractivity contribution is 14.1. The third-order valence-corrected chi connectivity index (χ3v) is 7.06. The fourth-order valence-electron chi connectivity index (χ4n) is 2.92. The minimum Gasteiger partial charge on any atom is -0.266 e. The van der Waals surface area contributed by atoms with Gasteiger partial charge in [0.1, 0.15) is 6.17 Å². The van der Waals surface area contributed by atoms with Gasteiger partial charge in [0.15, 0.2) is 0 Å². The third-order valence-electron chi connectivity index (χ3n) is 4.50. The largest absolute Gasteiger partial charge is 0.269 e. The number of nitro benzene ring substituents is 1. The second kappa shape index (κ2) is 9.52. The Labute approximate surface area is 187 Å². The molecule has 0 heterocycles. The Morgan fingerprint density at radius 2 is 1.57 bits per heavy atom. The van der Waals surface area contributed by atoms with E-state index in [-0.39, 0.29) is 23.5 Å². The number of sulfonamides is 1. The van der Waals surface area contributed by atoms with Gasteiger partial charge in [-0.3, -0.25) is 14.4 Å². The lowest BCUT2D eigenvalue weighted by atomic mass is 10.1. The van der Waals surface area contributed by atoms with Gasteiger partial charge in [-0.2, -0.15) is 0 Å². The number of hydrogen-bond donors (Lipinski definition) is 0. The molecule has 6 nitrogen and oxygen atoms in total. The maximum Gasteiger partial charge on any atom is 0.269 e. The van der Waals surface area contributed by atoms with Crippen LogP contribution in [0.5, 0.6) is 0 Å². The summed E-state index contributed by atoms with van der Waals surface area (Å²) in [5.74, 6) is 0. The topological polar surface area (TPSA) is 80.5 Å². The molecule has 156 valence electrons. The Balaban J connectivity index is 1.92. The number of anilines is 1. The van der Waals surface area contributed by atoms with Crippen molar-refractivity contribution in [1.29, 1.82) is 0 Å². The molecule has 3 aromatic rings. The lowest BCUT2D eigenvalue weighted by molar-refractivity contribution is -0.384. The van der Waals surface area contributed by atoms with Crippen molar-refractivity contribution in [1.82, 2.24) is 0 Å². The zero-order valence-corrected chi connectivity index (χ0v) is 18.7. The molecular weight excluding hydrogens is 522 g/mol. The highest BCUT2D eigenvalue weighted by Crippen LogP contribution is 2.29. The third kappa shape index (κ3) is 5.14. The Morgan fingerprint density at radius 3 is 2.13 bits per heavy atom. The molecule has 1 atom stereocenters. The first-order valence-corrected chi connectivity index (χ1v) is 11.5. The second-order valence-electron chi connectivity index (χ2n) is 6.47. The number of rotatable bonds is 8. The Bertz CT molecular complexity index is 1110. The van der Waals surface area contributed by atoms with Crippen LogP contribution in [0.15, 0.2) is 83.8 Å². The molecular formula is C21H18FIN2O4S. The molecule has 0 amide bonds. The van der Waals surface area contributed by atoms with Crippen LogP contribution >= 0.6 is 22.6 Å². The van der Waals surface area contributed by atoms with Crippen LogP contribution < -0.4 is 4.31 Å². The number of non-ortho nitro benzene ring substituents is 1. The molecule has 0 radical (unpaired) electrons. The molecule has 1 unspecified atom stereocenters. The molecule has 0 N–H and O–H groups in total. The zero-order chi connectivity index (χ0) is 21.7. The van der Waals surface area contributed by atoms with Crippen LogP contribution in [0.4, 0.5) is 15.8 Å². The number of nitrogens with zero attached hydrogens (tertiary/aromatic N) is 2. The summed E-state index contributed by atoms with van der Waals surface area (Å²) >= 11 is 2.11. The van der Waals surface area contributed by atoms with Crippen molar-refractivity contribution in [2.24, 2.45) is 0 Å². The molecule has 0 saturated carbocycles. The van der Waals surface area contributed by atoms with Crippen LogP contribution in [0.2, 0.25) is 0 Å². The van der Waals surface area contributed by atoms with Crippen LogP contribution in [0, 0.1) is 13.7 Å². The van der Waals surface area contributed by atoms with Crippen molar-refractivity contribution < 1.29 is 17.7 Å². The van der Waals surface area contributed by atoms with E-state index in [4.69, 9.17) is 0 Å². The average molecular weight is 540 g/mol. The van der Waals surface area contributed by atoms with E-state index in [1.54, 1.807) is 54.6 Å². The highest BCUT2D eigenvalue weighted by Gasteiger charge is 2.26. The fraction of sp³-hybridized carbons (Fsp3) is 0.143. The molecule has 3 rings (SSSR count). The molecule has 0 aliphatic heterocycles. The van der Waals surface area contributed by atoms with Crippen molar-refractivity contribution in [3.63, 3.8) is 0 Å². The molecule has 0 aliphatic rings. The predicted molar refractivity (Wildman–Crippen MR) is 122 cm³/mol. The van der Waals surface area contributed by atoms with E-state index in [1.165, 1.54) is 12.1 Å². The average Bonchev–Trinajstić information content (AvgIpc) is 2.75. The first-order chi connectivity index (χ1) is 14.3. The number of benzene rings is 3. The van der Waals surface area contributed by atoms with Crippen LogP contribution in [-0.4, -0.2) is 19.9 Å². The minimum atomic E-state index is -4.05. The van der Waals surface area contributed by atoms with Crippen LogP contribution in [0.3, 0.4) is 0 Å². The van der Waals surface area contributed by atoms with Gasteiger partial charge in [-0.05, 0) is 64.6 Å². The van der Waals surface area contributed by atoms with E-state index in [0.717, 1.165) is 20.0 Å². The van der Waals surface area contributed by atoms with Gasteiger partial charge in [-0.25, -0.2) is 12.8 Å². The summed E-state index contributed by atoms with van der Waals surface area (Å²) in [4.78, 5) is 10.2. The van der Waals surface area contributed by atoms with Crippen LogP contribution in [-0.2, 0) is 10.0 Å². The van der Waals surface area contributed by atoms with Gasteiger partial charge in [0.05, 0.1) is 15.5 Å². The van der Waals surface area contributed by atoms with Crippen molar-refractivity contribution in [2.75, 3.05) is 10.8 Å². The van der Waals surface area contributed by atoms with E-state index in [0.29, 0.717) is 11.3 Å². The molecule has 9 heteroatoms. The Kier molecular flexibility index (Phi) is 7.03. The van der Waals surface area contributed by atoms with Crippen molar-refractivity contribution in [3.05, 3.63) is 98.1 Å². The van der Waals surface area contributed by atoms with Gasteiger partial charge >= 0.3 is 0 Å². The number of nitro groups is 1. The first-order valence-electron chi connectivity index (χ1n) is 9.01. The molecule has 0 saturated heterocycles. The molecule has 0 fully saturated rings. The summed E-state index contributed by atoms with van der Waals surface area (Å²) in [5, 5.41) is 10.9. The fourth-order valence-corrected chi connectivity index (χ4v) is 4.76. The Hall–Kier alpha value is -2.53. The van der Waals surface area contributed by atoms with E-state index in [9.17, 15) is 22.9 Å². The molecule has 0 aliphatic carbocycles. The quantitative estimate of drug-likeness (QED) is 0.215. The van der Waals surface area contributed by atoms with Crippen molar-refractivity contribution in [3.8, 4) is 0 Å². The van der Waals surface area contributed by atoms with E-state index in [1.807, 2.05) is 0 Å². The number of hydrogen-bond acceptors (Lipinski definition) is 4. The zero-order valence-electron chi connectivity index (χ0n) is 15.7. The second-order valence-corrected chi connectivity index (χ2v) is 9.58. The summed E-state index contributed by atoms with van der Waals surface area (Å²) in [5.41, 5.74) is 0.671. The van der Waals surface area contributed by atoms with Gasteiger partial charge in [0.25, 0.3) is 15.7 Å². The maximum atomic E-state index is 14.7.